The van der Waals surface area contributed by atoms with Gasteiger partial charge in [0.15, 0.2) is 0 Å². The van der Waals surface area contributed by atoms with Crippen molar-refractivity contribution >= 4 is 11.8 Å². The van der Waals surface area contributed by atoms with E-state index in [1.165, 1.54) is 0 Å². The molecule has 0 spiro atoms. The third-order valence-corrected chi connectivity index (χ3v) is 4.28. The molecule has 0 aromatic rings. The van der Waals surface area contributed by atoms with Crippen molar-refractivity contribution in [3.05, 3.63) is 0 Å². The summed E-state index contributed by atoms with van der Waals surface area (Å²) in [6.45, 7) is 3.30. The van der Waals surface area contributed by atoms with Gasteiger partial charge in [-0.3, -0.25) is 9.59 Å². The van der Waals surface area contributed by atoms with E-state index in [4.69, 9.17) is 5.73 Å². The van der Waals surface area contributed by atoms with Gasteiger partial charge in [-0.15, -0.1) is 0 Å². The number of carbonyl (C=O) groups excluding carboxylic acids is 2. The summed E-state index contributed by atoms with van der Waals surface area (Å²) in [7, 11) is 0. The minimum Gasteiger partial charge on any atom is -0.351 e. The molecule has 0 aromatic heterocycles. The van der Waals surface area contributed by atoms with Gasteiger partial charge in [0, 0.05) is 37.5 Å². The molecule has 108 valence electrons. The molecule has 5 nitrogen and oxygen atoms in total. The number of nitrogens with zero attached hydrogens (tertiary/aromatic N) is 1. The van der Waals surface area contributed by atoms with Crippen LogP contribution in [-0.2, 0) is 9.59 Å². The molecule has 5 heteroatoms. The fourth-order valence-corrected chi connectivity index (χ4v) is 3.11. The van der Waals surface area contributed by atoms with Gasteiger partial charge in [-0.2, -0.15) is 0 Å². The molecule has 3 N–H and O–H groups in total. The fraction of sp³-hybridized carbons (Fsp3) is 0.857. The Labute approximate surface area is 114 Å². The molecule has 2 amide bonds. The monoisotopic (exact) mass is 267 g/mol. The zero-order valence-electron chi connectivity index (χ0n) is 11.7. The SMILES string of the molecule is CCC(=O)N1CCC(NC(=O)C2CCCC(N)C2)C1. The normalized spacial score (nSPS) is 31.3. The van der Waals surface area contributed by atoms with E-state index >= 15 is 0 Å². The highest BCUT2D eigenvalue weighted by molar-refractivity contribution is 5.80. The van der Waals surface area contributed by atoms with Crippen molar-refractivity contribution in [1.82, 2.24) is 10.2 Å². The van der Waals surface area contributed by atoms with E-state index in [2.05, 4.69) is 5.32 Å². The van der Waals surface area contributed by atoms with Gasteiger partial charge in [-0.25, -0.2) is 0 Å². The maximum absolute atomic E-state index is 12.2. The average Bonchev–Trinajstić information content (AvgIpc) is 2.86. The van der Waals surface area contributed by atoms with Crippen molar-refractivity contribution in [2.45, 2.75) is 57.5 Å². The molecule has 2 rings (SSSR count). The zero-order valence-corrected chi connectivity index (χ0v) is 11.7. The van der Waals surface area contributed by atoms with Crippen molar-refractivity contribution in [3.8, 4) is 0 Å². The van der Waals surface area contributed by atoms with E-state index in [9.17, 15) is 9.59 Å². The summed E-state index contributed by atoms with van der Waals surface area (Å²) in [5, 5.41) is 3.09. The van der Waals surface area contributed by atoms with Crippen LogP contribution in [0.15, 0.2) is 0 Å². The van der Waals surface area contributed by atoms with Gasteiger partial charge in [0.05, 0.1) is 0 Å². The lowest BCUT2D eigenvalue weighted by molar-refractivity contribution is -0.130. The number of likely N-dealkylation sites (tertiary alicyclic amines) is 1. The van der Waals surface area contributed by atoms with Gasteiger partial charge < -0.3 is 16.0 Å². The molecule has 0 radical (unpaired) electrons. The number of hydrogen-bond acceptors (Lipinski definition) is 3. The first-order valence-corrected chi connectivity index (χ1v) is 7.44. The van der Waals surface area contributed by atoms with Crippen LogP contribution in [0.2, 0.25) is 0 Å². The Morgan fingerprint density at radius 3 is 2.79 bits per heavy atom. The van der Waals surface area contributed by atoms with Crippen molar-refractivity contribution in [3.63, 3.8) is 0 Å². The summed E-state index contributed by atoms with van der Waals surface area (Å²) in [4.78, 5) is 25.6. The van der Waals surface area contributed by atoms with Crippen LogP contribution in [0, 0.1) is 5.92 Å². The topological polar surface area (TPSA) is 75.4 Å². The predicted molar refractivity (Wildman–Crippen MR) is 73.4 cm³/mol. The van der Waals surface area contributed by atoms with E-state index in [0.717, 1.165) is 38.6 Å². The summed E-state index contributed by atoms with van der Waals surface area (Å²) in [6, 6.07) is 0.299. The van der Waals surface area contributed by atoms with Crippen LogP contribution in [0.4, 0.5) is 0 Å². The first kappa shape index (κ1) is 14.3. The van der Waals surface area contributed by atoms with Crippen LogP contribution in [0.3, 0.4) is 0 Å². The second kappa shape index (κ2) is 6.37. The number of nitrogens with one attached hydrogen (secondary N) is 1. The minimum atomic E-state index is 0.0691. The van der Waals surface area contributed by atoms with Gasteiger partial charge >= 0.3 is 0 Å². The van der Waals surface area contributed by atoms with Crippen molar-refractivity contribution in [2.24, 2.45) is 11.7 Å². The Bertz CT molecular complexity index is 346. The van der Waals surface area contributed by atoms with E-state index < -0.39 is 0 Å². The first-order chi connectivity index (χ1) is 9.10. The summed E-state index contributed by atoms with van der Waals surface area (Å²) < 4.78 is 0. The molecule has 3 atom stereocenters. The van der Waals surface area contributed by atoms with E-state index in [-0.39, 0.29) is 29.8 Å². The van der Waals surface area contributed by atoms with E-state index in [0.29, 0.717) is 13.0 Å². The molecule has 1 aliphatic carbocycles. The Balaban J connectivity index is 1.78. The second-order valence-corrected chi connectivity index (χ2v) is 5.81. The van der Waals surface area contributed by atoms with Crippen LogP contribution in [0.5, 0.6) is 0 Å². The highest BCUT2D eigenvalue weighted by Gasteiger charge is 2.30. The maximum Gasteiger partial charge on any atom is 0.223 e. The number of hydrogen-bond donors (Lipinski definition) is 2. The molecule has 1 heterocycles. The van der Waals surface area contributed by atoms with Gasteiger partial charge in [-0.05, 0) is 25.7 Å². The third kappa shape index (κ3) is 3.69. The van der Waals surface area contributed by atoms with Crippen molar-refractivity contribution in [2.75, 3.05) is 13.1 Å². The van der Waals surface area contributed by atoms with Gasteiger partial charge in [0.1, 0.15) is 0 Å². The van der Waals surface area contributed by atoms with E-state index in [1.54, 1.807) is 0 Å². The zero-order chi connectivity index (χ0) is 13.8. The lowest BCUT2D eigenvalue weighted by Crippen LogP contribution is -2.43. The summed E-state index contributed by atoms with van der Waals surface area (Å²) in [5.41, 5.74) is 5.92. The van der Waals surface area contributed by atoms with Crippen LogP contribution in [0.25, 0.3) is 0 Å². The molecule has 2 aliphatic rings. The highest BCUT2D eigenvalue weighted by Crippen LogP contribution is 2.23. The summed E-state index contributed by atoms with van der Waals surface area (Å²) in [6.07, 6.45) is 5.24. The standard InChI is InChI=1S/C14H25N3O2/c1-2-13(18)17-7-6-12(9-17)16-14(19)10-4-3-5-11(15)8-10/h10-12H,2-9,15H2,1H3,(H,16,19). The lowest BCUT2D eigenvalue weighted by atomic mass is 9.85. The molecular weight excluding hydrogens is 242 g/mol. The number of amides is 2. The van der Waals surface area contributed by atoms with Crippen LogP contribution >= 0.6 is 0 Å². The smallest absolute Gasteiger partial charge is 0.223 e. The number of nitrogens with two attached hydrogens (primary N) is 1. The maximum atomic E-state index is 12.2. The lowest BCUT2D eigenvalue weighted by Gasteiger charge is -2.27. The molecule has 3 unspecified atom stereocenters. The van der Waals surface area contributed by atoms with Crippen LogP contribution in [-0.4, -0.2) is 41.9 Å². The van der Waals surface area contributed by atoms with Gasteiger partial charge in [-0.1, -0.05) is 13.3 Å². The number of rotatable bonds is 3. The predicted octanol–water partition coefficient (Wildman–Crippen LogP) is 0.631. The molecule has 1 saturated heterocycles. The fourth-order valence-electron chi connectivity index (χ4n) is 3.11. The molecule has 0 bridgehead atoms. The second-order valence-electron chi connectivity index (χ2n) is 5.81. The third-order valence-electron chi connectivity index (χ3n) is 4.28. The number of carbonyl (C=O) groups is 2. The largest absolute Gasteiger partial charge is 0.351 e. The highest BCUT2D eigenvalue weighted by atomic mass is 16.2. The summed E-state index contributed by atoms with van der Waals surface area (Å²) >= 11 is 0. The van der Waals surface area contributed by atoms with Crippen LogP contribution < -0.4 is 11.1 Å². The summed E-state index contributed by atoms with van der Waals surface area (Å²) in [5.74, 6) is 0.377. The Morgan fingerprint density at radius 2 is 2.11 bits per heavy atom. The molecule has 1 aliphatic heterocycles. The van der Waals surface area contributed by atoms with E-state index in [1.807, 2.05) is 11.8 Å². The first-order valence-electron chi connectivity index (χ1n) is 7.44. The van der Waals surface area contributed by atoms with Crippen molar-refractivity contribution in [1.29, 1.82) is 0 Å². The Morgan fingerprint density at radius 1 is 1.32 bits per heavy atom. The molecular formula is C14H25N3O2. The minimum absolute atomic E-state index is 0.0691. The van der Waals surface area contributed by atoms with Crippen molar-refractivity contribution < 1.29 is 9.59 Å². The Hall–Kier alpha value is -1.10. The molecule has 2 fully saturated rings. The van der Waals surface area contributed by atoms with Gasteiger partial charge in [0.25, 0.3) is 0 Å². The molecule has 0 aromatic carbocycles. The van der Waals surface area contributed by atoms with Crippen LogP contribution in [0.1, 0.15) is 45.4 Å². The quantitative estimate of drug-likeness (QED) is 0.787. The average molecular weight is 267 g/mol. The Kier molecular flexibility index (Phi) is 4.80. The molecule has 19 heavy (non-hydrogen) atoms. The molecule has 1 saturated carbocycles. The van der Waals surface area contributed by atoms with Gasteiger partial charge in [0.2, 0.25) is 11.8 Å².